The van der Waals surface area contributed by atoms with Crippen LogP contribution in [0.15, 0.2) is 54.9 Å². The maximum atomic E-state index is 13.6. The van der Waals surface area contributed by atoms with Crippen LogP contribution in [0.4, 0.5) is 14.5 Å². The third-order valence-electron chi connectivity index (χ3n) is 5.67. The summed E-state index contributed by atoms with van der Waals surface area (Å²) >= 11 is 0. The minimum absolute atomic E-state index is 0.294. The lowest BCUT2D eigenvalue weighted by molar-refractivity contribution is 0.413. The van der Waals surface area contributed by atoms with Gasteiger partial charge in [-0.2, -0.15) is 9.61 Å². The van der Waals surface area contributed by atoms with Crippen molar-refractivity contribution in [2.75, 3.05) is 25.5 Å². The van der Waals surface area contributed by atoms with Gasteiger partial charge in [0.05, 0.1) is 36.7 Å². The third kappa shape index (κ3) is 5.20. The molecule has 2 N–H and O–H groups in total. The van der Waals surface area contributed by atoms with Gasteiger partial charge in [-0.05, 0) is 56.3 Å². The van der Waals surface area contributed by atoms with Crippen LogP contribution in [0.1, 0.15) is 18.7 Å². The van der Waals surface area contributed by atoms with Gasteiger partial charge >= 0.3 is 0 Å². The molecule has 0 aliphatic carbocycles. The summed E-state index contributed by atoms with van der Waals surface area (Å²) in [7, 11) is 1.57. The Balaban J connectivity index is 0.000000477. The fraction of sp³-hybridized carbons (Fsp3) is 0.240. The smallest absolute Gasteiger partial charge is 0.178 e. The number of pyridine rings is 2. The zero-order valence-corrected chi connectivity index (χ0v) is 19.6. The number of methoxy groups -OCH3 is 1. The first-order valence-corrected chi connectivity index (χ1v) is 11.5. The highest BCUT2D eigenvalue weighted by Gasteiger charge is 2.12. The van der Waals surface area contributed by atoms with Crippen LogP contribution in [0.3, 0.4) is 0 Å². The van der Waals surface area contributed by atoms with Gasteiger partial charge in [-0.15, -0.1) is 10.2 Å². The van der Waals surface area contributed by atoms with Crippen molar-refractivity contribution in [1.82, 2.24) is 35.1 Å². The molecule has 0 bridgehead atoms. The van der Waals surface area contributed by atoms with E-state index in [1.54, 1.807) is 43.8 Å². The summed E-state index contributed by atoms with van der Waals surface area (Å²) in [5.41, 5.74) is 3.36. The summed E-state index contributed by atoms with van der Waals surface area (Å²) in [6.45, 7) is 2.79. The van der Waals surface area contributed by atoms with Crippen LogP contribution < -0.4 is 15.4 Å². The average molecular weight is 491 g/mol. The maximum absolute atomic E-state index is 13.6. The molecule has 184 valence electrons. The molecule has 1 aliphatic rings. The number of nitrogens with zero attached hydrogens (tertiary/aromatic N) is 6. The molecule has 9 nitrogen and oxygen atoms in total. The Kier molecular flexibility index (Phi) is 6.89. The zero-order valence-electron chi connectivity index (χ0n) is 19.6. The average Bonchev–Trinajstić information content (AvgIpc) is 3.60. The summed E-state index contributed by atoms with van der Waals surface area (Å²) in [4.78, 5) is 8.72. The number of nitrogens with one attached hydrogen (secondary N) is 2. The van der Waals surface area contributed by atoms with Crippen molar-refractivity contribution >= 4 is 22.4 Å². The van der Waals surface area contributed by atoms with E-state index in [1.165, 1.54) is 42.6 Å². The number of rotatable bonds is 5. The van der Waals surface area contributed by atoms with Crippen molar-refractivity contribution in [3.8, 4) is 17.0 Å². The van der Waals surface area contributed by atoms with Crippen LogP contribution >= 0.6 is 0 Å². The van der Waals surface area contributed by atoms with Crippen LogP contribution in [0.2, 0.25) is 0 Å². The van der Waals surface area contributed by atoms with Crippen LogP contribution in [-0.4, -0.2) is 50.0 Å². The molecule has 1 aromatic carbocycles. The number of anilines is 1. The second-order valence-electron chi connectivity index (χ2n) is 8.17. The van der Waals surface area contributed by atoms with Crippen molar-refractivity contribution in [2.45, 2.75) is 19.4 Å². The quantitative estimate of drug-likeness (QED) is 0.381. The lowest BCUT2D eigenvalue weighted by Gasteiger charge is -2.09. The second kappa shape index (κ2) is 10.6. The Morgan fingerprint density at radius 3 is 2.53 bits per heavy atom. The molecular weight excluding hydrogens is 466 g/mol. The number of fused-ring (bicyclic) bond motifs is 2. The summed E-state index contributed by atoms with van der Waals surface area (Å²) in [6, 6.07) is 10.2. The minimum atomic E-state index is -0.670. The molecule has 36 heavy (non-hydrogen) atoms. The van der Waals surface area contributed by atoms with Crippen molar-refractivity contribution < 1.29 is 13.5 Å². The maximum Gasteiger partial charge on any atom is 0.178 e. The van der Waals surface area contributed by atoms with E-state index in [9.17, 15) is 8.78 Å². The van der Waals surface area contributed by atoms with E-state index >= 15 is 0 Å². The first kappa shape index (κ1) is 23.5. The van der Waals surface area contributed by atoms with E-state index in [0.29, 0.717) is 46.1 Å². The number of hydrogen-bond donors (Lipinski definition) is 2. The first-order valence-electron chi connectivity index (χ1n) is 11.5. The molecule has 1 saturated heterocycles. The molecule has 1 aliphatic heterocycles. The van der Waals surface area contributed by atoms with Crippen molar-refractivity contribution in [1.29, 1.82) is 0 Å². The number of halogens is 2. The molecule has 0 radical (unpaired) electrons. The van der Waals surface area contributed by atoms with Crippen molar-refractivity contribution in [3.63, 3.8) is 0 Å². The van der Waals surface area contributed by atoms with Gasteiger partial charge in [-0.3, -0.25) is 4.98 Å². The van der Waals surface area contributed by atoms with Gasteiger partial charge in [0.2, 0.25) is 0 Å². The van der Waals surface area contributed by atoms with Gasteiger partial charge < -0.3 is 15.4 Å². The van der Waals surface area contributed by atoms with Gasteiger partial charge in [0.25, 0.3) is 0 Å². The molecule has 5 heterocycles. The fourth-order valence-corrected chi connectivity index (χ4v) is 3.86. The van der Waals surface area contributed by atoms with Gasteiger partial charge in [0.15, 0.2) is 11.5 Å². The van der Waals surface area contributed by atoms with Crippen molar-refractivity contribution in [2.24, 2.45) is 0 Å². The molecule has 1 fully saturated rings. The van der Waals surface area contributed by atoms with Crippen LogP contribution in [0.5, 0.6) is 5.75 Å². The molecular formula is C25H24F2N8O. The van der Waals surface area contributed by atoms with Crippen molar-refractivity contribution in [3.05, 3.63) is 72.3 Å². The Bertz CT molecular complexity index is 1470. The highest BCUT2D eigenvalue weighted by molar-refractivity contribution is 5.87. The standard InChI is InChI=1S/C21H15F2N7O.C4H9N/c1-31-15-9-18-21(26-10-15)17(4-5-24-18)25-11-20-28-27-19-3-2-16(29-30(19)20)12-6-13(22)8-14(23)7-12;1-2-4-5-3-1/h2-10H,11H2,1H3,(H,24,25);5H,1-4H2. The van der Waals surface area contributed by atoms with E-state index in [1.807, 2.05) is 0 Å². The minimum Gasteiger partial charge on any atom is -0.495 e. The van der Waals surface area contributed by atoms with Gasteiger partial charge in [-0.1, -0.05) is 0 Å². The molecule has 6 rings (SSSR count). The Morgan fingerprint density at radius 1 is 1.00 bits per heavy atom. The molecule has 0 spiro atoms. The normalized spacial score (nSPS) is 13.0. The number of hydrogen-bond acceptors (Lipinski definition) is 8. The number of benzene rings is 1. The Labute approximate surface area is 205 Å². The highest BCUT2D eigenvalue weighted by atomic mass is 19.1. The molecule has 0 atom stereocenters. The second-order valence-corrected chi connectivity index (χ2v) is 8.17. The molecule has 0 saturated carbocycles. The summed E-state index contributed by atoms with van der Waals surface area (Å²) in [5, 5.41) is 19.2. The van der Waals surface area contributed by atoms with E-state index in [2.05, 4.69) is 35.9 Å². The zero-order chi connectivity index (χ0) is 24.9. The first-order chi connectivity index (χ1) is 17.6. The van der Waals surface area contributed by atoms with Crippen LogP contribution in [0.25, 0.3) is 27.9 Å². The molecule has 0 amide bonds. The van der Waals surface area contributed by atoms with Gasteiger partial charge in [-0.25, -0.2) is 13.8 Å². The molecule has 0 unspecified atom stereocenters. The highest BCUT2D eigenvalue weighted by Crippen LogP contribution is 2.24. The molecule has 5 aromatic rings. The largest absolute Gasteiger partial charge is 0.495 e. The molecule has 4 aromatic heterocycles. The summed E-state index contributed by atoms with van der Waals surface area (Å²) in [5.74, 6) is -0.203. The SMILES string of the molecule is C1CCNC1.COc1cnc2c(NCc3nnc4ccc(-c5cc(F)cc(F)c5)nn34)ccnc2c1. The predicted octanol–water partition coefficient (Wildman–Crippen LogP) is 4.00. The Morgan fingerprint density at radius 2 is 1.81 bits per heavy atom. The monoisotopic (exact) mass is 490 g/mol. The van der Waals surface area contributed by atoms with E-state index in [0.717, 1.165) is 11.8 Å². The van der Waals surface area contributed by atoms with E-state index < -0.39 is 11.6 Å². The van der Waals surface area contributed by atoms with Crippen LogP contribution in [0, 0.1) is 11.6 Å². The van der Waals surface area contributed by atoms with Gasteiger partial charge in [0, 0.05) is 23.9 Å². The fourth-order valence-electron chi connectivity index (χ4n) is 3.86. The third-order valence-corrected chi connectivity index (χ3v) is 5.67. The topological polar surface area (TPSA) is 102 Å². The van der Waals surface area contributed by atoms with E-state index in [4.69, 9.17) is 4.74 Å². The predicted molar refractivity (Wildman–Crippen MR) is 132 cm³/mol. The summed E-state index contributed by atoms with van der Waals surface area (Å²) in [6.07, 6.45) is 6.07. The number of aromatic nitrogens is 6. The van der Waals surface area contributed by atoms with Crippen LogP contribution in [-0.2, 0) is 6.54 Å². The van der Waals surface area contributed by atoms with Gasteiger partial charge in [0.1, 0.15) is 22.9 Å². The lowest BCUT2D eigenvalue weighted by atomic mass is 10.1. The Hall–Kier alpha value is -4.25. The lowest BCUT2D eigenvalue weighted by Crippen LogP contribution is -2.07. The molecule has 11 heteroatoms. The summed E-state index contributed by atoms with van der Waals surface area (Å²) < 4.78 is 33.9. The number of ether oxygens (including phenoxy) is 1. The van der Waals surface area contributed by atoms with E-state index in [-0.39, 0.29) is 0 Å².